The molecule has 0 aromatic heterocycles. The van der Waals surface area contributed by atoms with Crippen molar-refractivity contribution in [3.8, 4) is 0 Å². The molecule has 182 valence electrons. The number of methoxy groups -OCH3 is 2. The minimum Gasteiger partial charge on any atom is -0.382 e. The Labute approximate surface area is 183 Å². The van der Waals surface area contributed by atoms with Crippen LogP contribution in [0.25, 0.3) is 0 Å². The van der Waals surface area contributed by atoms with Gasteiger partial charge in [0.2, 0.25) is 0 Å². The summed E-state index contributed by atoms with van der Waals surface area (Å²) in [5.74, 6) is -0.859. The van der Waals surface area contributed by atoms with E-state index in [1.54, 1.807) is 14.2 Å². The van der Waals surface area contributed by atoms with E-state index in [0.717, 1.165) is 0 Å². The summed E-state index contributed by atoms with van der Waals surface area (Å²) >= 11 is 0. The average molecular weight is 439 g/mol. The van der Waals surface area contributed by atoms with Crippen molar-refractivity contribution in [1.82, 2.24) is 0 Å². The molecule has 0 fully saturated rings. The first kappa shape index (κ1) is 29.7. The van der Waals surface area contributed by atoms with Crippen LogP contribution in [0.1, 0.15) is 48.5 Å². The van der Waals surface area contributed by atoms with Crippen molar-refractivity contribution >= 4 is 0 Å². The second kappa shape index (κ2) is 17.3. The molecule has 0 bridgehead atoms. The van der Waals surface area contributed by atoms with Gasteiger partial charge in [0, 0.05) is 20.8 Å². The quantitative estimate of drug-likeness (QED) is 0.269. The minimum absolute atomic E-state index is 0.0301. The highest BCUT2D eigenvalue weighted by molar-refractivity contribution is 4.65. The predicted molar refractivity (Wildman–Crippen MR) is 116 cm³/mol. The summed E-state index contributed by atoms with van der Waals surface area (Å²) < 4.78 is 45.0. The van der Waals surface area contributed by atoms with Crippen molar-refractivity contribution in [3.05, 3.63) is 0 Å². The lowest BCUT2D eigenvalue weighted by atomic mass is 10.3. The summed E-state index contributed by atoms with van der Waals surface area (Å²) in [6.07, 6.45) is -0.112. The summed E-state index contributed by atoms with van der Waals surface area (Å²) in [7, 11) is 3.26. The molecule has 0 aromatic carbocycles. The van der Waals surface area contributed by atoms with Gasteiger partial charge in [-0.3, -0.25) is 0 Å². The molecule has 0 N–H and O–H groups in total. The molecule has 8 nitrogen and oxygen atoms in total. The number of hydrogen-bond acceptors (Lipinski definition) is 8. The monoisotopic (exact) mass is 438 g/mol. The van der Waals surface area contributed by atoms with Crippen LogP contribution in [0.2, 0.25) is 0 Å². The third-order valence-electron chi connectivity index (χ3n) is 4.38. The second-order valence-electron chi connectivity index (χ2n) is 7.92. The van der Waals surface area contributed by atoms with E-state index in [1.165, 1.54) is 0 Å². The average Bonchev–Trinajstić information content (AvgIpc) is 2.72. The molecule has 8 heteroatoms. The van der Waals surface area contributed by atoms with Crippen molar-refractivity contribution in [2.24, 2.45) is 0 Å². The molecule has 0 saturated heterocycles. The van der Waals surface area contributed by atoms with Crippen molar-refractivity contribution in [1.29, 1.82) is 0 Å². The fourth-order valence-electron chi connectivity index (χ4n) is 2.41. The first-order valence-corrected chi connectivity index (χ1v) is 10.9. The third-order valence-corrected chi connectivity index (χ3v) is 4.38. The molecule has 0 spiro atoms. The molecule has 0 aliphatic heterocycles. The van der Waals surface area contributed by atoms with Crippen LogP contribution >= 0.6 is 0 Å². The molecule has 1 unspecified atom stereocenters. The Morgan fingerprint density at radius 2 is 1.03 bits per heavy atom. The maximum Gasteiger partial charge on any atom is 0.188 e. The van der Waals surface area contributed by atoms with E-state index < -0.39 is 5.79 Å². The van der Waals surface area contributed by atoms with Crippen molar-refractivity contribution in [2.75, 3.05) is 60.5 Å². The smallest absolute Gasteiger partial charge is 0.188 e. The SMILES string of the molecule is CCO[C@H](C)COC(C)CO[C@@](C)(CO[C@@H](C)CO[C@H](C)CO[C@H](C)COC)OC. The minimum atomic E-state index is -0.859. The summed E-state index contributed by atoms with van der Waals surface area (Å²) in [5.41, 5.74) is 0. The molecule has 0 saturated carbocycles. The van der Waals surface area contributed by atoms with Gasteiger partial charge in [0.25, 0.3) is 0 Å². The Morgan fingerprint density at radius 3 is 1.50 bits per heavy atom. The van der Waals surface area contributed by atoms with Crippen LogP contribution in [0, 0.1) is 0 Å². The van der Waals surface area contributed by atoms with E-state index in [-0.39, 0.29) is 37.1 Å². The van der Waals surface area contributed by atoms with Crippen LogP contribution in [0.4, 0.5) is 0 Å². The molecule has 0 heterocycles. The third kappa shape index (κ3) is 15.5. The van der Waals surface area contributed by atoms with E-state index in [2.05, 4.69) is 0 Å². The van der Waals surface area contributed by atoms with Crippen molar-refractivity contribution < 1.29 is 37.9 Å². The molecule has 0 rings (SSSR count). The standard InChI is InChI=1S/C22H46O8/c1-10-25-18(3)12-28-21(6)15-30-22(7,24-9)16-29-20(5)14-27-19(4)13-26-17(2)11-23-8/h17-21H,10-16H2,1-9H3/t17-,18-,19-,20+,21?,22+/m1/s1. The van der Waals surface area contributed by atoms with Crippen LogP contribution in [0.15, 0.2) is 0 Å². The highest BCUT2D eigenvalue weighted by Crippen LogP contribution is 2.15. The van der Waals surface area contributed by atoms with Gasteiger partial charge >= 0.3 is 0 Å². The fourth-order valence-corrected chi connectivity index (χ4v) is 2.41. The van der Waals surface area contributed by atoms with Gasteiger partial charge in [0.05, 0.1) is 63.6 Å². The first-order chi connectivity index (χ1) is 14.2. The zero-order valence-electron chi connectivity index (χ0n) is 20.6. The van der Waals surface area contributed by atoms with Crippen LogP contribution < -0.4 is 0 Å². The molecule has 0 amide bonds. The lowest BCUT2D eigenvalue weighted by molar-refractivity contribution is -0.255. The second-order valence-corrected chi connectivity index (χ2v) is 7.92. The molecular formula is C22H46O8. The lowest BCUT2D eigenvalue weighted by Crippen LogP contribution is -2.41. The van der Waals surface area contributed by atoms with Gasteiger partial charge in [-0.1, -0.05) is 0 Å². The van der Waals surface area contributed by atoms with Gasteiger partial charge in [0.15, 0.2) is 5.79 Å². The predicted octanol–water partition coefficient (Wildman–Crippen LogP) is 3.06. The van der Waals surface area contributed by atoms with E-state index in [1.807, 2.05) is 48.5 Å². The van der Waals surface area contributed by atoms with E-state index in [0.29, 0.717) is 39.6 Å². The van der Waals surface area contributed by atoms with Crippen molar-refractivity contribution in [2.45, 2.75) is 84.8 Å². The molecule has 6 atom stereocenters. The first-order valence-electron chi connectivity index (χ1n) is 10.9. The van der Waals surface area contributed by atoms with Gasteiger partial charge in [-0.15, -0.1) is 0 Å². The van der Waals surface area contributed by atoms with E-state index >= 15 is 0 Å². The van der Waals surface area contributed by atoms with Crippen LogP contribution in [0.3, 0.4) is 0 Å². The molecule has 30 heavy (non-hydrogen) atoms. The van der Waals surface area contributed by atoms with Gasteiger partial charge in [0.1, 0.15) is 6.61 Å². The lowest BCUT2D eigenvalue weighted by Gasteiger charge is -2.31. The number of ether oxygens (including phenoxy) is 8. The van der Waals surface area contributed by atoms with Gasteiger partial charge < -0.3 is 37.9 Å². The van der Waals surface area contributed by atoms with Crippen LogP contribution in [-0.4, -0.2) is 96.8 Å². The Morgan fingerprint density at radius 1 is 0.600 bits per heavy atom. The van der Waals surface area contributed by atoms with E-state index in [9.17, 15) is 0 Å². The molecule has 0 aliphatic carbocycles. The Kier molecular flexibility index (Phi) is 17.1. The zero-order valence-corrected chi connectivity index (χ0v) is 20.6. The fraction of sp³-hybridized carbons (Fsp3) is 1.00. The van der Waals surface area contributed by atoms with Crippen LogP contribution in [0.5, 0.6) is 0 Å². The van der Waals surface area contributed by atoms with Gasteiger partial charge in [-0.2, -0.15) is 0 Å². The Hall–Kier alpha value is -0.320. The highest BCUT2D eigenvalue weighted by atomic mass is 16.7. The summed E-state index contributed by atoms with van der Waals surface area (Å²) in [6, 6.07) is 0. The molecular weight excluding hydrogens is 392 g/mol. The molecule has 0 aliphatic rings. The van der Waals surface area contributed by atoms with E-state index in [4.69, 9.17) is 37.9 Å². The summed E-state index contributed by atoms with van der Waals surface area (Å²) in [6.45, 7) is 17.1. The normalized spacial score (nSPS) is 19.1. The Balaban J connectivity index is 4.11. The molecule has 0 radical (unpaired) electrons. The van der Waals surface area contributed by atoms with Crippen molar-refractivity contribution in [3.63, 3.8) is 0 Å². The zero-order chi connectivity index (χ0) is 23.0. The number of rotatable bonds is 20. The number of hydrogen-bond donors (Lipinski definition) is 0. The van der Waals surface area contributed by atoms with Gasteiger partial charge in [-0.05, 0) is 48.5 Å². The van der Waals surface area contributed by atoms with Gasteiger partial charge in [-0.25, -0.2) is 0 Å². The topological polar surface area (TPSA) is 73.8 Å². The van der Waals surface area contributed by atoms with Crippen LogP contribution in [-0.2, 0) is 37.9 Å². The summed E-state index contributed by atoms with van der Waals surface area (Å²) in [4.78, 5) is 0. The summed E-state index contributed by atoms with van der Waals surface area (Å²) in [5, 5.41) is 0. The maximum atomic E-state index is 5.91. The Bertz CT molecular complexity index is 397. The largest absolute Gasteiger partial charge is 0.382 e. The maximum absolute atomic E-state index is 5.91. The molecule has 0 aromatic rings. The highest BCUT2D eigenvalue weighted by Gasteiger charge is 2.27.